The molecule has 94 valence electrons. The van der Waals surface area contributed by atoms with Gasteiger partial charge in [0.1, 0.15) is 11.5 Å². The normalized spacial score (nSPS) is 10.4. The summed E-state index contributed by atoms with van der Waals surface area (Å²) in [5.41, 5.74) is 3.25. The zero-order chi connectivity index (χ0) is 13.1. The molecule has 0 N–H and O–H groups in total. The van der Waals surface area contributed by atoms with Gasteiger partial charge < -0.3 is 4.74 Å². The van der Waals surface area contributed by atoms with Crippen LogP contribution in [-0.2, 0) is 5.88 Å². The van der Waals surface area contributed by atoms with E-state index in [9.17, 15) is 0 Å². The minimum absolute atomic E-state index is 0.400. The summed E-state index contributed by atoms with van der Waals surface area (Å²) in [6, 6.07) is 11.5. The Balaban J connectivity index is 2.39. The number of halogens is 2. The number of ether oxygens (including phenoxy) is 1. The zero-order valence-electron chi connectivity index (χ0n) is 10.3. The Bertz CT molecular complexity index is 564. The molecule has 0 fully saturated rings. The van der Waals surface area contributed by atoms with Crippen molar-refractivity contribution >= 4 is 23.2 Å². The molecule has 0 aliphatic rings. The lowest BCUT2D eigenvalue weighted by molar-refractivity contribution is 0.474. The van der Waals surface area contributed by atoms with Gasteiger partial charge in [0.25, 0.3) is 0 Å². The maximum absolute atomic E-state index is 5.99. The number of alkyl halides is 1. The van der Waals surface area contributed by atoms with E-state index < -0.39 is 0 Å². The first-order chi connectivity index (χ1) is 8.61. The Morgan fingerprint density at radius 1 is 1.06 bits per heavy atom. The maximum Gasteiger partial charge on any atom is 0.133 e. The molecule has 0 heterocycles. The number of rotatable bonds is 3. The molecule has 0 aromatic heterocycles. The molecule has 3 heteroatoms. The molecule has 0 bridgehead atoms. The van der Waals surface area contributed by atoms with Gasteiger partial charge in [-0.1, -0.05) is 29.8 Å². The Morgan fingerprint density at radius 2 is 1.83 bits per heavy atom. The molecular weight excluding hydrogens is 267 g/mol. The van der Waals surface area contributed by atoms with Crippen LogP contribution in [-0.4, -0.2) is 0 Å². The van der Waals surface area contributed by atoms with Crippen molar-refractivity contribution in [1.29, 1.82) is 0 Å². The molecule has 0 aliphatic heterocycles. The monoisotopic (exact) mass is 280 g/mol. The van der Waals surface area contributed by atoms with Crippen LogP contribution in [0.3, 0.4) is 0 Å². The van der Waals surface area contributed by atoms with Crippen LogP contribution in [0.25, 0.3) is 0 Å². The minimum Gasteiger partial charge on any atom is -0.457 e. The van der Waals surface area contributed by atoms with E-state index in [1.807, 2.05) is 31.2 Å². The van der Waals surface area contributed by atoms with Gasteiger partial charge in [0.2, 0.25) is 0 Å². The van der Waals surface area contributed by atoms with Crippen molar-refractivity contribution in [3.05, 3.63) is 58.1 Å². The third-order valence-electron chi connectivity index (χ3n) is 2.95. The molecule has 2 aromatic carbocycles. The van der Waals surface area contributed by atoms with Crippen molar-refractivity contribution in [2.45, 2.75) is 19.7 Å². The Morgan fingerprint density at radius 3 is 2.56 bits per heavy atom. The van der Waals surface area contributed by atoms with Crippen molar-refractivity contribution in [2.75, 3.05) is 0 Å². The first-order valence-corrected chi connectivity index (χ1v) is 6.61. The lowest BCUT2D eigenvalue weighted by Crippen LogP contribution is -1.93. The molecule has 0 amide bonds. The smallest absolute Gasteiger partial charge is 0.133 e. The second-order valence-corrected chi connectivity index (χ2v) is 4.89. The van der Waals surface area contributed by atoms with Gasteiger partial charge in [-0.15, -0.1) is 11.6 Å². The average Bonchev–Trinajstić information content (AvgIpc) is 2.35. The highest BCUT2D eigenvalue weighted by molar-refractivity contribution is 6.30. The van der Waals surface area contributed by atoms with Gasteiger partial charge in [0.05, 0.1) is 5.88 Å². The van der Waals surface area contributed by atoms with E-state index in [-0.39, 0.29) is 0 Å². The van der Waals surface area contributed by atoms with Gasteiger partial charge >= 0.3 is 0 Å². The number of hydrogen-bond acceptors (Lipinski definition) is 1. The van der Waals surface area contributed by atoms with E-state index in [1.54, 1.807) is 6.07 Å². The van der Waals surface area contributed by atoms with Crippen LogP contribution in [0.15, 0.2) is 36.4 Å². The summed E-state index contributed by atoms with van der Waals surface area (Å²) in [6.07, 6.45) is 0. The van der Waals surface area contributed by atoms with Crippen LogP contribution >= 0.6 is 23.2 Å². The summed E-state index contributed by atoms with van der Waals surface area (Å²) in [4.78, 5) is 0. The van der Waals surface area contributed by atoms with Gasteiger partial charge in [-0.25, -0.2) is 0 Å². The van der Waals surface area contributed by atoms with Crippen molar-refractivity contribution in [3.8, 4) is 11.5 Å². The zero-order valence-corrected chi connectivity index (χ0v) is 11.8. The Hall–Kier alpha value is -1.18. The summed E-state index contributed by atoms with van der Waals surface area (Å²) in [7, 11) is 0. The first kappa shape index (κ1) is 13.3. The molecule has 1 nitrogen and oxygen atoms in total. The van der Waals surface area contributed by atoms with Crippen LogP contribution in [0.2, 0.25) is 5.02 Å². The quantitative estimate of drug-likeness (QED) is 0.676. The Labute approximate surface area is 117 Å². The molecule has 0 saturated heterocycles. The van der Waals surface area contributed by atoms with Crippen molar-refractivity contribution in [1.82, 2.24) is 0 Å². The van der Waals surface area contributed by atoms with Crippen molar-refractivity contribution < 1.29 is 4.74 Å². The lowest BCUT2D eigenvalue weighted by Gasteiger charge is -2.13. The predicted octanol–water partition coefficient (Wildman–Crippen LogP) is 5.49. The van der Waals surface area contributed by atoms with Gasteiger partial charge in [0.15, 0.2) is 0 Å². The highest BCUT2D eigenvalue weighted by Crippen LogP contribution is 2.32. The molecule has 18 heavy (non-hydrogen) atoms. The fraction of sp³-hybridized carbons (Fsp3) is 0.200. The van der Waals surface area contributed by atoms with Crippen LogP contribution in [0, 0.1) is 13.8 Å². The SMILES string of the molecule is Cc1cccc(Oc2cc(Cl)ccc2CCl)c1C. The molecule has 2 rings (SSSR count). The number of hydrogen-bond donors (Lipinski definition) is 0. The highest BCUT2D eigenvalue weighted by atomic mass is 35.5. The van der Waals surface area contributed by atoms with Crippen LogP contribution < -0.4 is 4.74 Å². The van der Waals surface area contributed by atoms with Crippen LogP contribution in [0.5, 0.6) is 11.5 Å². The molecule has 0 atom stereocenters. The van der Waals surface area contributed by atoms with E-state index in [0.717, 1.165) is 16.9 Å². The van der Waals surface area contributed by atoms with Gasteiger partial charge in [-0.05, 0) is 43.2 Å². The number of aryl methyl sites for hydroxylation is 1. The summed E-state index contributed by atoms with van der Waals surface area (Å²) in [5, 5.41) is 0.643. The topological polar surface area (TPSA) is 9.23 Å². The molecular formula is C15H14Cl2O. The largest absolute Gasteiger partial charge is 0.457 e. The lowest BCUT2D eigenvalue weighted by atomic mass is 10.1. The number of benzene rings is 2. The fourth-order valence-corrected chi connectivity index (χ4v) is 2.07. The third-order valence-corrected chi connectivity index (χ3v) is 3.47. The minimum atomic E-state index is 0.400. The van der Waals surface area contributed by atoms with Gasteiger partial charge in [0, 0.05) is 10.6 Å². The third kappa shape index (κ3) is 2.80. The van der Waals surface area contributed by atoms with E-state index in [4.69, 9.17) is 27.9 Å². The highest BCUT2D eigenvalue weighted by Gasteiger charge is 2.08. The summed E-state index contributed by atoms with van der Waals surface area (Å²) in [5.74, 6) is 1.95. The van der Waals surface area contributed by atoms with Gasteiger partial charge in [-0.2, -0.15) is 0 Å². The second kappa shape index (κ2) is 5.64. The molecule has 0 radical (unpaired) electrons. The van der Waals surface area contributed by atoms with Crippen molar-refractivity contribution in [2.24, 2.45) is 0 Å². The standard InChI is InChI=1S/C15H14Cl2O/c1-10-4-3-5-14(11(10)2)18-15-8-13(17)7-6-12(15)9-16/h3-8H,9H2,1-2H3. The second-order valence-electron chi connectivity index (χ2n) is 4.19. The van der Waals surface area contributed by atoms with E-state index in [1.165, 1.54) is 5.56 Å². The fourth-order valence-electron chi connectivity index (χ4n) is 1.69. The van der Waals surface area contributed by atoms with Crippen molar-refractivity contribution in [3.63, 3.8) is 0 Å². The Kier molecular flexibility index (Phi) is 4.15. The molecule has 0 spiro atoms. The van der Waals surface area contributed by atoms with E-state index in [2.05, 4.69) is 13.0 Å². The average molecular weight is 281 g/mol. The van der Waals surface area contributed by atoms with Crippen LogP contribution in [0.1, 0.15) is 16.7 Å². The summed E-state index contributed by atoms with van der Waals surface area (Å²) >= 11 is 11.9. The van der Waals surface area contributed by atoms with E-state index >= 15 is 0 Å². The molecule has 0 unspecified atom stereocenters. The summed E-state index contributed by atoms with van der Waals surface area (Å²) in [6.45, 7) is 4.10. The molecule has 0 saturated carbocycles. The predicted molar refractivity (Wildman–Crippen MR) is 77.0 cm³/mol. The van der Waals surface area contributed by atoms with Crippen LogP contribution in [0.4, 0.5) is 0 Å². The van der Waals surface area contributed by atoms with E-state index in [0.29, 0.717) is 16.7 Å². The van der Waals surface area contributed by atoms with Gasteiger partial charge in [-0.3, -0.25) is 0 Å². The molecule has 2 aromatic rings. The summed E-state index contributed by atoms with van der Waals surface area (Å²) < 4.78 is 5.92. The maximum atomic E-state index is 5.99. The first-order valence-electron chi connectivity index (χ1n) is 5.70. The molecule has 0 aliphatic carbocycles.